The number of halogens is 2. The van der Waals surface area contributed by atoms with E-state index in [0.717, 1.165) is 17.0 Å². The summed E-state index contributed by atoms with van der Waals surface area (Å²) in [5.41, 5.74) is 0.137. The molecule has 0 fully saturated rings. The van der Waals surface area contributed by atoms with E-state index in [9.17, 15) is 18.4 Å². The van der Waals surface area contributed by atoms with Crippen molar-refractivity contribution in [2.45, 2.75) is 0 Å². The van der Waals surface area contributed by atoms with Crippen molar-refractivity contribution in [2.75, 3.05) is 11.9 Å². The van der Waals surface area contributed by atoms with Crippen LogP contribution in [0.2, 0.25) is 0 Å². The molecule has 2 aromatic heterocycles. The minimum absolute atomic E-state index is 0.190. The number of hydrogen-bond donors (Lipinski definition) is 1. The van der Waals surface area contributed by atoms with Gasteiger partial charge in [0.1, 0.15) is 11.6 Å². The summed E-state index contributed by atoms with van der Waals surface area (Å²) < 4.78 is 31.5. The lowest BCUT2D eigenvalue weighted by atomic mass is 10.2. The molecule has 0 radical (unpaired) electrons. The molecule has 138 valence electrons. The van der Waals surface area contributed by atoms with Crippen molar-refractivity contribution in [3.63, 3.8) is 0 Å². The molecule has 4 nitrogen and oxygen atoms in total. The van der Waals surface area contributed by atoms with E-state index in [0.29, 0.717) is 16.5 Å². The van der Waals surface area contributed by atoms with Crippen LogP contribution in [0.15, 0.2) is 53.2 Å². The standard InChI is InChI=1S/C19H13F2NO3S2/c20-12-5-6-16(15(21)9-12)22-18(23)11-25-19(24)14(17-4-2-8-27-17)10-13-3-1-7-26-13/h1-10H,11H2,(H,22,23)/b14-10+. The fourth-order valence-electron chi connectivity index (χ4n) is 2.16. The Morgan fingerprint density at radius 3 is 2.52 bits per heavy atom. The zero-order valence-corrected chi connectivity index (χ0v) is 15.4. The summed E-state index contributed by atoms with van der Waals surface area (Å²) >= 11 is 2.83. The summed E-state index contributed by atoms with van der Waals surface area (Å²) in [6.07, 6.45) is 1.69. The number of ether oxygens (including phenoxy) is 1. The van der Waals surface area contributed by atoms with Crippen molar-refractivity contribution < 1.29 is 23.1 Å². The van der Waals surface area contributed by atoms with E-state index in [1.54, 1.807) is 18.2 Å². The molecule has 1 aromatic carbocycles. The fourth-order valence-corrected chi connectivity index (χ4v) is 3.55. The lowest BCUT2D eigenvalue weighted by molar-refractivity contribution is -0.141. The van der Waals surface area contributed by atoms with Gasteiger partial charge in [-0.25, -0.2) is 13.6 Å². The van der Waals surface area contributed by atoms with Crippen LogP contribution in [0.5, 0.6) is 0 Å². The second kappa shape index (κ2) is 8.70. The predicted octanol–water partition coefficient (Wildman–Crippen LogP) is 4.81. The third-order valence-electron chi connectivity index (χ3n) is 3.38. The number of amides is 1. The highest BCUT2D eigenvalue weighted by atomic mass is 32.1. The Hall–Kier alpha value is -2.84. The molecule has 0 unspecified atom stereocenters. The number of thiophene rings is 2. The number of carbonyl (C=O) groups is 2. The van der Waals surface area contributed by atoms with E-state index in [4.69, 9.17) is 4.74 Å². The van der Waals surface area contributed by atoms with Crippen LogP contribution >= 0.6 is 22.7 Å². The summed E-state index contributed by atoms with van der Waals surface area (Å²) in [6, 6.07) is 10.1. The van der Waals surface area contributed by atoms with Gasteiger partial charge in [-0.2, -0.15) is 0 Å². The third-order valence-corrected chi connectivity index (χ3v) is 5.10. The van der Waals surface area contributed by atoms with Crippen LogP contribution < -0.4 is 5.32 Å². The number of anilines is 1. The van der Waals surface area contributed by atoms with E-state index in [2.05, 4.69) is 5.32 Å². The molecule has 0 spiro atoms. The monoisotopic (exact) mass is 405 g/mol. The number of hydrogen-bond acceptors (Lipinski definition) is 5. The van der Waals surface area contributed by atoms with Gasteiger partial charge in [-0.15, -0.1) is 22.7 Å². The molecule has 3 rings (SSSR count). The SMILES string of the molecule is O=C(COC(=O)/C(=C/c1cccs1)c1cccs1)Nc1ccc(F)cc1F. The summed E-state index contributed by atoms with van der Waals surface area (Å²) in [5, 5.41) is 5.95. The second-order valence-electron chi connectivity index (χ2n) is 5.30. The molecule has 1 amide bonds. The second-order valence-corrected chi connectivity index (χ2v) is 7.23. The molecule has 2 heterocycles. The first-order valence-electron chi connectivity index (χ1n) is 7.74. The minimum Gasteiger partial charge on any atom is -0.452 e. The quantitative estimate of drug-likeness (QED) is 0.473. The van der Waals surface area contributed by atoms with E-state index in [-0.39, 0.29) is 5.69 Å². The number of rotatable bonds is 6. The van der Waals surface area contributed by atoms with Crippen molar-refractivity contribution in [1.82, 2.24) is 0 Å². The number of carbonyl (C=O) groups excluding carboxylic acids is 2. The molecule has 0 atom stereocenters. The van der Waals surface area contributed by atoms with Gasteiger partial charge in [-0.3, -0.25) is 4.79 Å². The zero-order chi connectivity index (χ0) is 19.2. The van der Waals surface area contributed by atoms with Gasteiger partial charge >= 0.3 is 5.97 Å². The van der Waals surface area contributed by atoms with Crippen LogP contribution in [0.1, 0.15) is 9.75 Å². The molecular weight excluding hydrogens is 392 g/mol. The van der Waals surface area contributed by atoms with E-state index in [1.807, 2.05) is 22.9 Å². The highest BCUT2D eigenvalue weighted by Gasteiger charge is 2.17. The Kier molecular flexibility index (Phi) is 6.10. The molecule has 8 heteroatoms. The van der Waals surface area contributed by atoms with E-state index in [1.165, 1.54) is 22.7 Å². The normalized spacial score (nSPS) is 11.3. The number of nitrogens with one attached hydrogen (secondary N) is 1. The number of benzene rings is 1. The van der Waals surface area contributed by atoms with Gasteiger partial charge in [0, 0.05) is 15.8 Å². The third kappa shape index (κ3) is 5.08. The topological polar surface area (TPSA) is 55.4 Å². The molecule has 0 aliphatic rings. The molecule has 1 N–H and O–H groups in total. The average Bonchev–Trinajstić information content (AvgIpc) is 3.33. The van der Waals surface area contributed by atoms with E-state index >= 15 is 0 Å². The van der Waals surface area contributed by atoms with Gasteiger partial charge in [0.05, 0.1) is 11.3 Å². The largest absolute Gasteiger partial charge is 0.452 e. The lowest BCUT2D eigenvalue weighted by Crippen LogP contribution is -2.21. The molecule has 0 aliphatic heterocycles. The Bertz CT molecular complexity index is 967. The maximum absolute atomic E-state index is 13.6. The van der Waals surface area contributed by atoms with Crippen LogP contribution in [0.4, 0.5) is 14.5 Å². The van der Waals surface area contributed by atoms with Gasteiger partial charge in [0.2, 0.25) is 0 Å². The van der Waals surface area contributed by atoms with Crippen molar-refractivity contribution in [1.29, 1.82) is 0 Å². The Balaban J connectivity index is 1.66. The Labute approximate surface area is 161 Å². The van der Waals surface area contributed by atoms with Gasteiger partial charge in [-0.05, 0) is 41.1 Å². The van der Waals surface area contributed by atoms with Crippen molar-refractivity contribution >= 4 is 51.9 Å². The molecule has 0 saturated carbocycles. The predicted molar refractivity (Wildman–Crippen MR) is 102 cm³/mol. The Morgan fingerprint density at radius 1 is 1.07 bits per heavy atom. The van der Waals surface area contributed by atoms with Crippen LogP contribution in [-0.2, 0) is 14.3 Å². The molecular formula is C19H13F2NO3S2. The molecule has 3 aromatic rings. The minimum atomic E-state index is -0.911. The summed E-state index contributed by atoms with van der Waals surface area (Å²) in [7, 11) is 0. The first-order valence-corrected chi connectivity index (χ1v) is 9.50. The number of esters is 1. The van der Waals surface area contributed by atoms with Gasteiger partial charge in [0.25, 0.3) is 5.91 Å². The van der Waals surface area contributed by atoms with Gasteiger partial charge < -0.3 is 10.1 Å². The first-order chi connectivity index (χ1) is 13.0. The fraction of sp³-hybridized carbons (Fsp3) is 0.0526. The van der Waals surface area contributed by atoms with Crippen LogP contribution in [0, 0.1) is 11.6 Å². The maximum Gasteiger partial charge on any atom is 0.340 e. The van der Waals surface area contributed by atoms with E-state index < -0.39 is 30.1 Å². The highest BCUT2D eigenvalue weighted by molar-refractivity contribution is 7.12. The highest BCUT2D eigenvalue weighted by Crippen LogP contribution is 2.26. The smallest absolute Gasteiger partial charge is 0.340 e. The maximum atomic E-state index is 13.6. The van der Waals surface area contributed by atoms with Crippen LogP contribution in [0.3, 0.4) is 0 Å². The lowest BCUT2D eigenvalue weighted by Gasteiger charge is -2.09. The van der Waals surface area contributed by atoms with Crippen molar-refractivity contribution in [3.05, 3.63) is 74.6 Å². The first kappa shape index (κ1) is 18.9. The zero-order valence-electron chi connectivity index (χ0n) is 13.8. The van der Waals surface area contributed by atoms with Gasteiger partial charge in [-0.1, -0.05) is 12.1 Å². The summed E-state index contributed by atoms with van der Waals surface area (Å²) in [4.78, 5) is 25.9. The van der Waals surface area contributed by atoms with Crippen LogP contribution in [0.25, 0.3) is 11.6 Å². The molecule has 27 heavy (non-hydrogen) atoms. The molecule has 0 aliphatic carbocycles. The van der Waals surface area contributed by atoms with Crippen molar-refractivity contribution in [3.8, 4) is 0 Å². The summed E-state index contributed by atoms with van der Waals surface area (Å²) in [6.45, 7) is -0.594. The van der Waals surface area contributed by atoms with Crippen LogP contribution in [-0.4, -0.2) is 18.5 Å². The molecule has 0 saturated heterocycles. The molecule has 0 bridgehead atoms. The van der Waals surface area contributed by atoms with Gasteiger partial charge in [0.15, 0.2) is 6.61 Å². The Morgan fingerprint density at radius 2 is 1.85 bits per heavy atom. The average molecular weight is 405 g/mol. The van der Waals surface area contributed by atoms with Crippen molar-refractivity contribution in [2.24, 2.45) is 0 Å². The summed E-state index contributed by atoms with van der Waals surface area (Å²) in [5.74, 6) is -3.06.